The molecule has 1 atom stereocenters. The average Bonchev–Trinajstić information content (AvgIpc) is 3.22. The number of morpholine rings is 1. The Hall–Kier alpha value is -0.850. The van der Waals surface area contributed by atoms with Crippen molar-refractivity contribution in [2.75, 3.05) is 59.2 Å². The second-order valence-electron chi connectivity index (χ2n) is 6.20. The predicted molar refractivity (Wildman–Crippen MR) is 77.3 cm³/mol. The Balaban J connectivity index is 1.28. The van der Waals surface area contributed by atoms with E-state index in [4.69, 9.17) is 14.2 Å². The summed E-state index contributed by atoms with van der Waals surface area (Å²) in [5.74, 6) is 0.777. The molecule has 0 unspecified atom stereocenters. The summed E-state index contributed by atoms with van der Waals surface area (Å²) in [7, 11) is 0. The molecular weight excluding hydrogens is 272 g/mol. The Kier molecular flexibility index (Phi) is 5.32. The molecule has 2 heterocycles. The van der Waals surface area contributed by atoms with Gasteiger partial charge in [0.25, 0.3) is 0 Å². The summed E-state index contributed by atoms with van der Waals surface area (Å²) in [4.78, 5) is 16.0. The predicted octanol–water partition coefficient (Wildman–Crippen LogP) is 0.956. The zero-order valence-corrected chi connectivity index (χ0v) is 12.7. The van der Waals surface area contributed by atoms with Crippen LogP contribution in [0.2, 0.25) is 0 Å². The molecule has 3 rings (SSSR count). The van der Waals surface area contributed by atoms with E-state index in [1.165, 1.54) is 12.8 Å². The Morgan fingerprint density at radius 2 is 1.95 bits per heavy atom. The first-order chi connectivity index (χ1) is 10.3. The number of likely N-dealkylation sites (tertiary alicyclic amines) is 1. The molecule has 0 radical (unpaired) electrons. The lowest BCUT2D eigenvalue weighted by atomic mass is 10.3. The van der Waals surface area contributed by atoms with E-state index in [1.807, 2.05) is 0 Å². The molecule has 0 aromatic carbocycles. The molecule has 0 spiro atoms. The summed E-state index contributed by atoms with van der Waals surface area (Å²) in [6, 6.07) is 0. The first-order valence-electron chi connectivity index (χ1n) is 8.14. The highest BCUT2D eigenvalue weighted by Gasteiger charge is 2.30. The van der Waals surface area contributed by atoms with Crippen molar-refractivity contribution in [3.63, 3.8) is 0 Å². The van der Waals surface area contributed by atoms with Gasteiger partial charge >= 0.3 is 6.09 Å². The van der Waals surface area contributed by atoms with Crippen LogP contribution in [0.25, 0.3) is 0 Å². The third-order valence-electron chi connectivity index (χ3n) is 4.40. The van der Waals surface area contributed by atoms with Crippen LogP contribution in [-0.4, -0.2) is 81.1 Å². The molecular formula is C15H26N2O4. The van der Waals surface area contributed by atoms with Crippen LogP contribution in [-0.2, 0) is 14.2 Å². The van der Waals surface area contributed by atoms with Gasteiger partial charge < -0.3 is 19.1 Å². The third-order valence-corrected chi connectivity index (χ3v) is 4.40. The van der Waals surface area contributed by atoms with Crippen molar-refractivity contribution >= 4 is 6.09 Å². The van der Waals surface area contributed by atoms with Crippen molar-refractivity contribution in [2.45, 2.75) is 25.4 Å². The molecule has 3 fully saturated rings. The zero-order valence-electron chi connectivity index (χ0n) is 12.7. The first kappa shape index (κ1) is 15.1. The normalized spacial score (nSPS) is 27.0. The van der Waals surface area contributed by atoms with Crippen molar-refractivity contribution < 1.29 is 19.0 Å². The van der Waals surface area contributed by atoms with Gasteiger partial charge in [0.2, 0.25) is 0 Å². The first-order valence-corrected chi connectivity index (χ1v) is 8.14. The summed E-state index contributed by atoms with van der Waals surface area (Å²) in [5.41, 5.74) is 0. The summed E-state index contributed by atoms with van der Waals surface area (Å²) in [6.07, 6.45) is 3.56. The lowest BCUT2D eigenvalue weighted by Crippen LogP contribution is -2.39. The van der Waals surface area contributed by atoms with Crippen molar-refractivity contribution in [3.05, 3.63) is 0 Å². The van der Waals surface area contributed by atoms with Gasteiger partial charge in [0.05, 0.1) is 25.9 Å². The Morgan fingerprint density at radius 3 is 2.71 bits per heavy atom. The summed E-state index contributed by atoms with van der Waals surface area (Å²) >= 11 is 0. The highest BCUT2D eigenvalue weighted by molar-refractivity contribution is 5.68. The smallest absolute Gasteiger partial charge is 0.409 e. The number of hydrogen-bond donors (Lipinski definition) is 0. The quantitative estimate of drug-likeness (QED) is 0.731. The minimum atomic E-state index is -0.194. The Morgan fingerprint density at radius 1 is 1.14 bits per heavy atom. The minimum absolute atomic E-state index is 0.194. The maximum absolute atomic E-state index is 12.0. The van der Waals surface area contributed by atoms with Gasteiger partial charge in [0, 0.05) is 32.8 Å². The number of nitrogens with zero attached hydrogens (tertiary/aromatic N) is 2. The summed E-state index contributed by atoms with van der Waals surface area (Å²) < 4.78 is 16.5. The van der Waals surface area contributed by atoms with E-state index in [9.17, 15) is 4.79 Å². The van der Waals surface area contributed by atoms with Gasteiger partial charge in [-0.3, -0.25) is 4.90 Å². The highest BCUT2D eigenvalue weighted by atomic mass is 16.6. The van der Waals surface area contributed by atoms with Gasteiger partial charge in [0.15, 0.2) is 0 Å². The average molecular weight is 298 g/mol. The van der Waals surface area contributed by atoms with Crippen LogP contribution in [0.3, 0.4) is 0 Å². The van der Waals surface area contributed by atoms with Gasteiger partial charge in [-0.15, -0.1) is 0 Å². The molecule has 0 aromatic rings. The van der Waals surface area contributed by atoms with E-state index < -0.39 is 0 Å². The number of amides is 1. The van der Waals surface area contributed by atoms with Crippen molar-refractivity contribution in [1.29, 1.82) is 0 Å². The van der Waals surface area contributed by atoms with E-state index in [0.29, 0.717) is 13.2 Å². The van der Waals surface area contributed by atoms with E-state index in [-0.39, 0.29) is 12.2 Å². The largest absolute Gasteiger partial charge is 0.448 e. The van der Waals surface area contributed by atoms with Crippen LogP contribution >= 0.6 is 0 Å². The van der Waals surface area contributed by atoms with Crippen molar-refractivity contribution in [3.8, 4) is 0 Å². The van der Waals surface area contributed by atoms with Crippen LogP contribution in [0.5, 0.6) is 0 Å². The lowest BCUT2D eigenvalue weighted by Gasteiger charge is -2.26. The molecule has 2 saturated heterocycles. The molecule has 6 heteroatoms. The van der Waals surface area contributed by atoms with Crippen LogP contribution in [0.15, 0.2) is 0 Å². The maximum Gasteiger partial charge on any atom is 0.409 e. The number of hydrogen-bond acceptors (Lipinski definition) is 5. The molecule has 0 bridgehead atoms. The van der Waals surface area contributed by atoms with Crippen LogP contribution < -0.4 is 0 Å². The molecule has 1 amide bonds. The lowest BCUT2D eigenvalue weighted by molar-refractivity contribution is 0.0236. The Bertz CT molecular complexity index is 343. The van der Waals surface area contributed by atoms with Crippen LogP contribution in [0.1, 0.15) is 19.3 Å². The van der Waals surface area contributed by atoms with Crippen LogP contribution in [0, 0.1) is 5.92 Å². The number of ether oxygens (including phenoxy) is 3. The molecule has 0 N–H and O–H groups in total. The van der Waals surface area contributed by atoms with Crippen molar-refractivity contribution in [1.82, 2.24) is 9.80 Å². The second-order valence-corrected chi connectivity index (χ2v) is 6.20. The van der Waals surface area contributed by atoms with Gasteiger partial charge in [0.1, 0.15) is 6.61 Å². The summed E-state index contributed by atoms with van der Waals surface area (Å²) in [5, 5.41) is 0. The number of rotatable bonds is 6. The van der Waals surface area contributed by atoms with Crippen molar-refractivity contribution in [2.24, 2.45) is 5.92 Å². The highest BCUT2D eigenvalue weighted by Crippen LogP contribution is 2.30. The number of carbonyl (C=O) groups excluding carboxylic acids is 1. The zero-order chi connectivity index (χ0) is 14.5. The minimum Gasteiger partial charge on any atom is -0.448 e. The molecule has 3 aliphatic rings. The van der Waals surface area contributed by atoms with Crippen LogP contribution in [0.4, 0.5) is 4.79 Å². The van der Waals surface area contributed by atoms with Gasteiger partial charge in [-0.2, -0.15) is 0 Å². The molecule has 1 aliphatic carbocycles. The van der Waals surface area contributed by atoms with E-state index in [2.05, 4.69) is 4.90 Å². The molecule has 120 valence electrons. The monoisotopic (exact) mass is 298 g/mol. The molecule has 21 heavy (non-hydrogen) atoms. The van der Waals surface area contributed by atoms with E-state index in [0.717, 1.165) is 58.3 Å². The number of carbonyl (C=O) groups is 1. The fourth-order valence-corrected chi connectivity index (χ4v) is 2.76. The summed E-state index contributed by atoms with van der Waals surface area (Å²) in [6.45, 7) is 6.98. The van der Waals surface area contributed by atoms with Gasteiger partial charge in [-0.05, 0) is 25.2 Å². The fraction of sp³-hybridized carbons (Fsp3) is 0.933. The molecule has 1 saturated carbocycles. The SMILES string of the molecule is O=C(OCCN1CCOCC1)N1CC[C@@H](OCC2CC2)C1. The third kappa shape index (κ3) is 4.83. The second kappa shape index (κ2) is 7.42. The molecule has 0 aromatic heterocycles. The molecule has 6 nitrogen and oxygen atoms in total. The molecule has 2 aliphatic heterocycles. The van der Waals surface area contributed by atoms with E-state index >= 15 is 0 Å². The topological polar surface area (TPSA) is 51.2 Å². The van der Waals surface area contributed by atoms with E-state index in [1.54, 1.807) is 4.90 Å². The van der Waals surface area contributed by atoms with Gasteiger partial charge in [-0.25, -0.2) is 4.79 Å². The fourth-order valence-electron chi connectivity index (χ4n) is 2.76. The Labute approximate surface area is 126 Å². The maximum atomic E-state index is 12.0. The standard InChI is InChI=1S/C15H26N2O4/c18-15(20-10-7-16-5-8-19-9-6-16)17-4-3-14(11-17)21-12-13-1-2-13/h13-14H,1-12H2/t14-/m1/s1. The van der Waals surface area contributed by atoms with Gasteiger partial charge in [-0.1, -0.05) is 0 Å².